The second-order valence-electron chi connectivity index (χ2n) is 8.61. The molecule has 1 amide bonds. The molecule has 4 aromatic rings. The number of rotatable bonds is 9. The van der Waals surface area contributed by atoms with Crippen LogP contribution in [0, 0.1) is 0 Å². The Morgan fingerprint density at radius 3 is 2.57 bits per heavy atom. The van der Waals surface area contributed by atoms with Gasteiger partial charge in [0, 0.05) is 49.9 Å². The van der Waals surface area contributed by atoms with E-state index in [1.54, 1.807) is 10.8 Å². The molecule has 1 atom stereocenters. The predicted octanol–water partition coefficient (Wildman–Crippen LogP) is 5.34. The van der Waals surface area contributed by atoms with E-state index in [2.05, 4.69) is 15.6 Å². The number of fused-ring (bicyclic) bond motifs is 1. The number of aryl methyl sites for hydroxylation is 1. The van der Waals surface area contributed by atoms with Gasteiger partial charge in [0.25, 0.3) is 5.91 Å². The van der Waals surface area contributed by atoms with Crippen molar-refractivity contribution in [3.8, 4) is 16.3 Å². The zero-order valence-corrected chi connectivity index (χ0v) is 21.9. The van der Waals surface area contributed by atoms with Crippen molar-refractivity contribution in [3.05, 3.63) is 70.9 Å². The molecule has 4 rings (SSSR count). The van der Waals surface area contributed by atoms with E-state index in [9.17, 15) is 22.2 Å². The Labute approximate surface area is 217 Å². The lowest BCUT2D eigenvalue weighted by Crippen LogP contribution is -2.32. The molecule has 37 heavy (non-hydrogen) atoms. The quantitative estimate of drug-likeness (QED) is 0.286. The van der Waals surface area contributed by atoms with Crippen molar-refractivity contribution in [2.45, 2.75) is 32.5 Å². The predicted molar refractivity (Wildman–Crippen MR) is 142 cm³/mol. The topological polar surface area (TPSA) is 73.2 Å². The van der Waals surface area contributed by atoms with Crippen molar-refractivity contribution in [2.75, 3.05) is 12.9 Å². The molecule has 11 heteroatoms. The van der Waals surface area contributed by atoms with Gasteiger partial charge in [-0.2, -0.15) is 13.2 Å². The van der Waals surface area contributed by atoms with Crippen LogP contribution in [0.4, 0.5) is 13.2 Å². The summed E-state index contributed by atoms with van der Waals surface area (Å²) >= 11 is 1.48. The Kier molecular flexibility index (Phi) is 7.65. The minimum absolute atomic E-state index is 0.0228. The highest BCUT2D eigenvalue weighted by atomic mass is 32.2. The van der Waals surface area contributed by atoms with E-state index in [0.29, 0.717) is 29.3 Å². The molecule has 0 saturated carbocycles. The molecule has 0 aliphatic rings. The minimum Gasteiger partial charge on any atom is -0.493 e. The third-order valence-electron chi connectivity index (χ3n) is 5.55. The smallest absolute Gasteiger partial charge is 0.416 e. The van der Waals surface area contributed by atoms with Crippen LogP contribution in [0.5, 0.6) is 5.75 Å². The van der Waals surface area contributed by atoms with Gasteiger partial charge in [-0.3, -0.25) is 9.52 Å². The summed E-state index contributed by atoms with van der Waals surface area (Å²) in [4.78, 5) is 17.8. The van der Waals surface area contributed by atoms with Crippen LogP contribution in [0.15, 0.2) is 54.7 Å². The van der Waals surface area contributed by atoms with Crippen molar-refractivity contribution in [1.29, 1.82) is 0 Å². The summed E-state index contributed by atoms with van der Waals surface area (Å²) in [6, 6.07) is 12.5. The van der Waals surface area contributed by atoms with Crippen LogP contribution in [-0.4, -0.2) is 38.4 Å². The normalized spacial score (nSPS) is 13.4. The maximum Gasteiger partial charge on any atom is 0.416 e. The monoisotopic (exact) mass is 549 g/mol. The first-order valence-corrected chi connectivity index (χ1v) is 14.4. The lowest BCUT2D eigenvalue weighted by atomic mass is 10.1. The number of thiazole rings is 1. The number of alkyl halides is 3. The van der Waals surface area contributed by atoms with Crippen LogP contribution in [0.2, 0.25) is 0 Å². The zero-order chi connectivity index (χ0) is 26.8. The van der Waals surface area contributed by atoms with E-state index >= 15 is 0 Å². The molecular weight excluding hydrogens is 523 g/mol. The fourth-order valence-electron chi connectivity index (χ4n) is 3.88. The first-order valence-electron chi connectivity index (χ1n) is 11.4. The summed E-state index contributed by atoms with van der Waals surface area (Å²) in [5.41, 5.74) is 1.68. The molecular formula is C26H26F3N3O3S2. The van der Waals surface area contributed by atoms with Crippen LogP contribution >= 0.6 is 11.3 Å². The average Bonchev–Trinajstić information content (AvgIpc) is 3.41. The summed E-state index contributed by atoms with van der Waals surface area (Å²) in [6.07, 6.45) is 0.0991. The molecule has 1 N–H and O–H groups in total. The maximum absolute atomic E-state index is 12.9. The Balaban J connectivity index is 1.40. The van der Waals surface area contributed by atoms with Gasteiger partial charge in [0.2, 0.25) is 0 Å². The van der Waals surface area contributed by atoms with E-state index in [1.165, 1.54) is 29.7 Å². The molecule has 0 bridgehead atoms. The van der Waals surface area contributed by atoms with Crippen molar-refractivity contribution >= 4 is 43.7 Å². The van der Waals surface area contributed by atoms with E-state index in [0.717, 1.165) is 40.0 Å². The second kappa shape index (κ2) is 10.6. The van der Waals surface area contributed by atoms with Crippen molar-refractivity contribution in [1.82, 2.24) is 14.3 Å². The second-order valence-corrected chi connectivity index (χ2v) is 11.9. The molecule has 196 valence electrons. The molecule has 0 fully saturated rings. The number of hydrogen-bond donors (Lipinski definition) is 1. The van der Waals surface area contributed by atoms with Crippen molar-refractivity contribution in [2.24, 2.45) is 0 Å². The van der Waals surface area contributed by atoms with Gasteiger partial charge in [0.15, 0.2) is 0 Å². The van der Waals surface area contributed by atoms with Gasteiger partial charge >= 0.3 is 6.18 Å². The number of nitrogens with zero attached hydrogens (tertiary/aromatic N) is 2. The van der Waals surface area contributed by atoms with Gasteiger partial charge in [0.1, 0.15) is 17.3 Å². The Morgan fingerprint density at radius 1 is 1.19 bits per heavy atom. The summed E-state index contributed by atoms with van der Waals surface area (Å²) in [5.74, 6) is 3.72. The summed E-state index contributed by atoms with van der Waals surface area (Å²) in [7, 11) is -2.62. The Hall–Kier alpha value is -3.31. The molecule has 1 unspecified atom stereocenters. The molecule has 0 spiro atoms. The lowest BCUT2D eigenvalue weighted by molar-refractivity contribution is -0.137. The number of carbonyl (C=O) groups excluding carboxylic acids is 1. The average molecular weight is 550 g/mol. The molecule has 0 saturated heterocycles. The number of nitrogens with one attached hydrogen (secondary N) is 1. The number of amides is 1. The van der Waals surface area contributed by atoms with E-state index < -0.39 is 21.4 Å². The van der Waals surface area contributed by atoms with E-state index in [-0.39, 0.29) is 12.5 Å². The highest BCUT2D eigenvalue weighted by molar-refractivity contribution is 7.98. The molecule has 0 radical (unpaired) electrons. The van der Waals surface area contributed by atoms with Crippen LogP contribution in [0.3, 0.4) is 0 Å². The van der Waals surface area contributed by atoms with Gasteiger partial charge in [-0.05, 0) is 48.7 Å². The van der Waals surface area contributed by atoms with Gasteiger partial charge in [-0.1, -0.05) is 19.1 Å². The summed E-state index contributed by atoms with van der Waals surface area (Å²) < 4.78 is 60.4. The highest BCUT2D eigenvalue weighted by Crippen LogP contribution is 2.33. The van der Waals surface area contributed by atoms with E-state index in [1.807, 2.05) is 31.2 Å². The molecule has 2 aromatic heterocycles. The lowest BCUT2D eigenvalue weighted by Gasteiger charge is -2.09. The van der Waals surface area contributed by atoms with Crippen LogP contribution in [0.1, 0.15) is 23.1 Å². The molecule has 0 aliphatic heterocycles. The van der Waals surface area contributed by atoms with Gasteiger partial charge < -0.3 is 9.30 Å². The number of aromatic nitrogens is 2. The third kappa shape index (κ3) is 6.72. The third-order valence-corrected chi connectivity index (χ3v) is 7.50. The van der Waals surface area contributed by atoms with Gasteiger partial charge in [0.05, 0.1) is 17.9 Å². The number of carbonyl (C=O) groups is 1. The SMILES string of the molecule is C=S(C)(=O)NC(=O)Cn1ccc2cc(OCCc3nc(-c4ccc(C(F)(F)F)cc4)sc3CC)ccc21. The standard InChI is InChI=1S/C26H26F3N3O3S2/c1-4-23-21(30-25(36-23)17-5-7-19(8-6-17)26(27,28)29)12-14-35-20-9-10-22-18(15-20)11-13-32(22)16-24(33)31-37(2,3)34/h5-11,13,15H,2,4,12,14,16H2,1,3H3,(H,31,33,34). The van der Waals surface area contributed by atoms with Gasteiger partial charge in [-0.25, -0.2) is 9.19 Å². The van der Waals surface area contributed by atoms with Crippen molar-refractivity contribution in [3.63, 3.8) is 0 Å². The fraction of sp³-hybridized carbons (Fsp3) is 0.269. The molecule has 2 heterocycles. The zero-order valence-electron chi connectivity index (χ0n) is 20.3. The minimum atomic E-state index is -4.37. The summed E-state index contributed by atoms with van der Waals surface area (Å²) in [5, 5.41) is 1.58. The van der Waals surface area contributed by atoms with Gasteiger partial charge in [-0.15, -0.1) is 11.3 Å². The first-order chi connectivity index (χ1) is 17.4. The van der Waals surface area contributed by atoms with E-state index in [4.69, 9.17) is 4.74 Å². The molecule has 6 nitrogen and oxygen atoms in total. The van der Waals surface area contributed by atoms with Crippen LogP contribution in [0.25, 0.3) is 21.5 Å². The maximum atomic E-state index is 12.9. The highest BCUT2D eigenvalue weighted by Gasteiger charge is 2.30. The molecule has 0 aliphatic carbocycles. The molecule has 2 aromatic carbocycles. The number of halogens is 3. The Morgan fingerprint density at radius 2 is 1.92 bits per heavy atom. The van der Waals surface area contributed by atoms with Crippen LogP contribution < -0.4 is 9.46 Å². The van der Waals surface area contributed by atoms with Crippen molar-refractivity contribution < 1.29 is 26.9 Å². The number of ether oxygens (including phenoxy) is 1. The Bertz CT molecular complexity index is 1520. The largest absolute Gasteiger partial charge is 0.493 e. The summed E-state index contributed by atoms with van der Waals surface area (Å²) in [6.45, 7) is 2.42. The first kappa shape index (κ1) is 26.7. The number of benzene rings is 2. The van der Waals surface area contributed by atoms with Crippen LogP contribution in [-0.2, 0) is 40.1 Å². The number of hydrogen-bond acceptors (Lipinski definition) is 5. The fourth-order valence-corrected chi connectivity index (χ4v) is 5.48.